The van der Waals surface area contributed by atoms with Crippen molar-refractivity contribution >= 4 is 19.8 Å². The molecule has 0 aromatic heterocycles. The lowest BCUT2D eigenvalue weighted by atomic mass is 9.38. The van der Waals surface area contributed by atoms with Gasteiger partial charge in [0, 0.05) is 0 Å². The maximum absolute atomic E-state index is 8.74. The van der Waals surface area contributed by atoms with Gasteiger partial charge in [-0.05, 0) is 5.56 Å². The van der Waals surface area contributed by atoms with Gasteiger partial charge in [-0.25, -0.2) is 0 Å². The van der Waals surface area contributed by atoms with Crippen molar-refractivity contribution in [1.29, 1.82) is 0 Å². The molecular formula is C8H10B2O. The second kappa shape index (κ2) is 4.24. The Labute approximate surface area is 68.9 Å². The minimum atomic E-state index is 0.121. The van der Waals surface area contributed by atoms with E-state index in [9.17, 15) is 0 Å². The lowest BCUT2D eigenvalue weighted by molar-refractivity contribution is 0.282. The Morgan fingerprint density at radius 2 is 1.91 bits per heavy atom. The fourth-order valence-corrected chi connectivity index (χ4v) is 0.927. The van der Waals surface area contributed by atoms with E-state index in [1.165, 1.54) is 5.46 Å². The smallest absolute Gasteiger partial charge is 0.106 e. The third-order valence-electron chi connectivity index (χ3n) is 1.52. The zero-order valence-electron chi connectivity index (χ0n) is 6.62. The van der Waals surface area contributed by atoms with E-state index in [0.717, 1.165) is 5.56 Å². The highest BCUT2D eigenvalue weighted by molar-refractivity contribution is 7.06. The van der Waals surface area contributed by atoms with Crippen LogP contribution in [0.1, 0.15) is 5.56 Å². The van der Waals surface area contributed by atoms with Crippen LogP contribution in [0.25, 0.3) is 0 Å². The average Bonchev–Trinajstić information content (AvgIpc) is 2.07. The van der Waals surface area contributed by atoms with Crippen LogP contribution in [0.5, 0.6) is 0 Å². The van der Waals surface area contributed by atoms with E-state index >= 15 is 0 Å². The number of aliphatic hydroxyl groups is 1. The quantitative estimate of drug-likeness (QED) is 0.599. The van der Waals surface area contributed by atoms with Crippen LogP contribution in [0.2, 0.25) is 6.82 Å². The van der Waals surface area contributed by atoms with Crippen LogP contribution >= 0.6 is 0 Å². The van der Waals surface area contributed by atoms with Gasteiger partial charge in [-0.15, -0.1) is 0 Å². The molecule has 1 N–H and O–H groups in total. The van der Waals surface area contributed by atoms with E-state index < -0.39 is 0 Å². The molecule has 3 heteroatoms. The molecule has 0 amide bonds. The number of rotatable bonds is 3. The van der Waals surface area contributed by atoms with Crippen LogP contribution in [0.15, 0.2) is 24.3 Å². The molecule has 11 heavy (non-hydrogen) atoms. The van der Waals surface area contributed by atoms with Crippen molar-refractivity contribution < 1.29 is 5.11 Å². The molecule has 0 aliphatic heterocycles. The first-order valence-corrected chi connectivity index (χ1v) is 3.69. The van der Waals surface area contributed by atoms with Crippen LogP contribution < -0.4 is 5.46 Å². The molecule has 0 atom stereocenters. The first kappa shape index (κ1) is 8.41. The van der Waals surface area contributed by atoms with Crippen molar-refractivity contribution in [1.82, 2.24) is 0 Å². The summed E-state index contributed by atoms with van der Waals surface area (Å²) in [6.07, 6.45) is 0. The molecule has 0 heterocycles. The number of benzene rings is 1. The Balaban J connectivity index is 2.66. The van der Waals surface area contributed by atoms with Gasteiger partial charge in [0.05, 0.1) is 13.8 Å². The lowest BCUT2D eigenvalue weighted by Crippen LogP contribution is -2.18. The van der Waals surface area contributed by atoms with Gasteiger partial charge in [0.1, 0.15) is 7.17 Å². The summed E-state index contributed by atoms with van der Waals surface area (Å²) in [6, 6.07) is 7.84. The first-order chi connectivity index (χ1) is 5.36. The minimum absolute atomic E-state index is 0.121. The maximum Gasteiger partial charge on any atom is 0.106 e. The van der Waals surface area contributed by atoms with Gasteiger partial charge in [-0.2, -0.15) is 0 Å². The topological polar surface area (TPSA) is 20.2 Å². The Bertz CT molecular complexity index is 208. The normalized spacial score (nSPS) is 9.27. The Hall–Kier alpha value is -0.690. The Morgan fingerprint density at radius 3 is 2.36 bits per heavy atom. The summed E-state index contributed by atoms with van der Waals surface area (Å²) in [5.41, 5.74) is 2.13. The molecule has 0 fully saturated rings. The molecule has 0 saturated heterocycles. The summed E-state index contributed by atoms with van der Waals surface area (Å²) >= 11 is 0. The molecular weight excluding hydrogens is 134 g/mol. The molecule has 0 bridgehead atoms. The highest BCUT2D eigenvalue weighted by atomic mass is 16.3. The fraction of sp³-hybridized carbons (Fsp3) is 0.250. The SMILES string of the molecule is C[B][B]c1ccc(CO)cc1. The largest absolute Gasteiger partial charge is 0.392 e. The van der Waals surface area contributed by atoms with Crippen LogP contribution in [-0.2, 0) is 6.61 Å². The minimum Gasteiger partial charge on any atom is -0.392 e. The van der Waals surface area contributed by atoms with E-state index in [1.807, 2.05) is 45.4 Å². The molecule has 1 aromatic carbocycles. The summed E-state index contributed by atoms with van der Waals surface area (Å²) in [4.78, 5) is 0. The standard InChI is InChI=1S/C8H10B2O/c1-9-10-8-4-2-7(6-11)3-5-8/h2-5,11H,6H2,1H3. The van der Waals surface area contributed by atoms with Crippen LogP contribution in [-0.4, -0.2) is 19.4 Å². The van der Waals surface area contributed by atoms with Gasteiger partial charge in [-0.3, -0.25) is 0 Å². The molecule has 0 unspecified atom stereocenters. The third kappa shape index (κ3) is 2.43. The molecule has 1 aromatic rings. The van der Waals surface area contributed by atoms with Gasteiger partial charge in [0.25, 0.3) is 0 Å². The van der Waals surface area contributed by atoms with E-state index in [2.05, 4.69) is 0 Å². The van der Waals surface area contributed by atoms with Gasteiger partial charge in [0.15, 0.2) is 0 Å². The average molecular weight is 144 g/mol. The fourth-order valence-electron chi connectivity index (χ4n) is 0.927. The second-order valence-electron chi connectivity index (χ2n) is 2.40. The highest BCUT2D eigenvalue weighted by Gasteiger charge is 1.92. The molecule has 54 valence electrons. The molecule has 0 aliphatic rings. The van der Waals surface area contributed by atoms with Gasteiger partial charge in [-0.1, -0.05) is 36.6 Å². The van der Waals surface area contributed by atoms with Crippen LogP contribution in [0, 0.1) is 0 Å². The summed E-state index contributed by atoms with van der Waals surface area (Å²) in [7, 11) is 4.02. The van der Waals surface area contributed by atoms with E-state index in [1.54, 1.807) is 0 Å². The Kier molecular flexibility index (Phi) is 3.24. The molecule has 1 nitrogen and oxygen atoms in total. The van der Waals surface area contributed by atoms with Crippen molar-refractivity contribution in [2.75, 3.05) is 0 Å². The number of hydrogen-bond acceptors (Lipinski definition) is 1. The molecule has 0 spiro atoms. The lowest BCUT2D eigenvalue weighted by Gasteiger charge is -1.98. The van der Waals surface area contributed by atoms with Gasteiger partial charge in [0.2, 0.25) is 0 Å². The monoisotopic (exact) mass is 144 g/mol. The van der Waals surface area contributed by atoms with Crippen molar-refractivity contribution in [3.05, 3.63) is 29.8 Å². The zero-order valence-corrected chi connectivity index (χ0v) is 6.62. The molecule has 0 saturated carbocycles. The number of aliphatic hydroxyl groups excluding tert-OH is 1. The van der Waals surface area contributed by atoms with Crippen molar-refractivity contribution in [3.63, 3.8) is 0 Å². The van der Waals surface area contributed by atoms with Crippen molar-refractivity contribution in [2.24, 2.45) is 0 Å². The van der Waals surface area contributed by atoms with E-state index in [0.29, 0.717) is 0 Å². The van der Waals surface area contributed by atoms with Crippen molar-refractivity contribution in [3.8, 4) is 0 Å². The van der Waals surface area contributed by atoms with Gasteiger partial charge >= 0.3 is 0 Å². The first-order valence-electron chi connectivity index (χ1n) is 3.69. The number of hydrogen-bond donors (Lipinski definition) is 1. The van der Waals surface area contributed by atoms with E-state index in [4.69, 9.17) is 5.11 Å². The van der Waals surface area contributed by atoms with Crippen LogP contribution in [0.3, 0.4) is 0 Å². The summed E-state index contributed by atoms with van der Waals surface area (Å²) in [6.45, 7) is 2.11. The predicted octanol–water partition coefficient (Wildman–Crippen LogP) is 0.176. The van der Waals surface area contributed by atoms with E-state index in [-0.39, 0.29) is 6.61 Å². The maximum atomic E-state index is 8.74. The molecule has 0 aliphatic carbocycles. The highest BCUT2D eigenvalue weighted by Crippen LogP contribution is 1.94. The van der Waals surface area contributed by atoms with Crippen molar-refractivity contribution in [2.45, 2.75) is 13.4 Å². The summed E-state index contributed by atoms with van der Waals surface area (Å²) < 4.78 is 0. The summed E-state index contributed by atoms with van der Waals surface area (Å²) in [5.74, 6) is 0. The Morgan fingerprint density at radius 1 is 1.27 bits per heavy atom. The zero-order chi connectivity index (χ0) is 8.10. The van der Waals surface area contributed by atoms with Crippen LogP contribution in [0.4, 0.5) is 0 Å². The second-order valence-corrected chi connectivity index (χ2v) is 2.40. The summed E-state index contributed by atoms with van der Waals surface area (Å²) in [5, 5.41) is 8.74. The third-order valence-corrected chi connectivity index (χ3v) is 1.52. The predicted molar refractivity (Wildman–Crippen MR) is 49.4 cm³/mol. The molecule has 1 rings (SSSR count). The molecule has 2 radical (unpaired) electrons. The van der Waals surface area contributed by atoms with Gasteiger partial charge < -0.3 is 5.11 Å².